The molecule has 3 heteroatoms. The first-order valence-electron chi connectivity index (χ1n) is 9.28. The maximum Gasteiger partial charge on any atom is 0.0437 e. The Bertz CT molecular complexity index is 773. The number of thiol groups is 1. The van der Waals surface area contributed by atoms with Crippen molar-refractivity contribution in [3.05, 3.63) is 70.3 Å². The molecule has 26 heavy (non-hydrogen) atoms. The van der Waals surface area contributed by atoms with Crippen LogP contribution in [0.5, 0.6) is 0 Å². The number of rotatable bonds is 7. The molecule has 0 aromatic heterocycles. The molecule has 0 radical (unpaired) electrons. The van der Waals surface area contributed by atoms with E-state index in [1.54, 1.807) is 0 Å². The normalized spacial score (nSPS) is 12.9. The van der Waals surface area contributed by atoms with Crippen molar-refractivity contribution in [1.82, 2.24) is 0 Å². The second-order valence-corrected chi connectivity index (χ2v) is 8.77. The summed E-state index contributed by atoms with van der Waals surface area (Å²) in [6.07, 6.45) is 3.69. The smallest absolute Gasteiger partial charge is 0.0437 e. The molecule has 0 spiro atoms. The summed E-state index contributed by atoms with van der Waals surface area (Å²) in [4.78, 5) is 1.96. The van der Waals surface area contributed by atoms with Gasteiger partial charge in [0.2, 0.25) is 0 Å². The average molecular weight is 386 g/mol. The van der Waals surface area contributed by atoms with Crippen LogP contribution in [0.3, 0.4) is 0 Å². The Kier molecular flexibility index (Phi) is 7.45. The van der Waals surface area contributed by atoms with Crippen LogP contribution in [-0.2, 0) is 5.41 Å². The summed E-state index contributed by atoms with van der Waals surface area (Å²) in [5, 5.41) is 6.03. The van der Waals surface area contributed by atoms with E-state index in [-0.39, 0.29) is 5.41 Å². The van der Waals surface area contributed by atoms with Gasteiger partial charge in [-0.15, -0.1) is 12.6 Å². The zero-order valence-electron chi connectivity index (χ0n) is 16.6. The van der Waals surface area contributed by atoms with Gasteiger partial charge < -0.3 is 0 Å². The van der Waals surface area contributed by atoms with Crippen LogP contribution < -0.4 is 5.14 Å². The quantitative estimate of drug-likeness (QED) is 0.301. The molecule has 0 aliphatic heterocycles. The van der Waals surface area contributed by atoms with Gasteiger partial charge in [-0.05, 0) is 59.9 Å². The molecule has 0 saturated heterocycles. The fourth-order valence-electron chi connectivity index (χ4n) is 3.21. The topological polar surface area (TPSA) is 26.0 Å². The summed E-state index contributed by atoms with van der Waals surface area (Å²) in [5.41, 5.74) is 6.29. The fourth-order valence-corrected chi connectivity index (χ4v) is 4.23. The van der Waals surface area contributed by atoms with Crippen LogP contribution in [0.1, 0.15) is 67.9 Å². The van der Waals surface area contributed by atoms with Gasteiger partial charge in [-0.3, -0.25) is 5.14 Å². The largest absolute Gasteiger partial charge is 0.274 e. The van der Waals surface area contributed by atoms with Crippen LogP contribution in [0.25, 0.3) is 9.81 Å². The second kappa shape index (κ2) is 9.16. The molecule has 0 aliphatic rings. The van der Waals surface area contributed by atoms with Gasteiger partial charge in [0, 0.05) is 9.81 Å². The summed E-state index contributed by atoms with van der Waals surface area (Å²) < 4.78 is 0. The first kappa shape index (κ1) is 21.1. The molecule has 0 saturated carbocycles. The summed E-state index contributed by atoms with van der Waals surface area (Å²) >= 11 is 6.10. The van der Waals surface area contributed by atoms with Crippen molar-refractivity contribution >= 4 is 34.4 Å². The number of benzene rings is 2. The molecule has 0 fully saturated rings. The summed E-state index contributed by atoms with van der Waals surface area (Å²) in [7, 11) is 0. The van der Waals surface area contributed by atoms with Crippen molar-refractivity contribution in [1.29, 1.82) is 0 Å². The van der Waals surface area contributed by atoms with Gasteiger partial charge in [0.1, 0.15) is 0 Å². The Balaban J connectivity index is 2.40. The van der Waals surface area contributed by atoms with Crippen molar-refractivity contribution in [2.45, 2.75) is 59.3 Å². The van der Waals surface area contributed by atoms with Crippen LogP contribution in [0, 0.1) is 13.8 Å². The van der Waals surface area contributed by atoms with Crippen molar-refractivity contribution in [3.8, 4) is 0 Å². The third-order valence-electron chi connectivity index (χ3n) is 5.07. The van der Waals surface area contributed by atoms with E-state index in [0.717, 1.165) is 20.9 Å². The number of unbranched alkanes of at least 4 members (excludes halogenated alkanes) is 1. The number of hydrogen-bond donors (Lipinski definition) is 2. The summed E-state index contributed by atoms with van der Waals surface area (Å²) in [6, 6.07) is 15.3. The Morgan fingerprint density at radius 1 is 1.08 bits per heavy atom. The Morgan fingerprint density at radius 2 is 1.73 bits per heavy atom. The lowest BCUT2D eigenvalue weighted by Crippen LogP contribution is -2.16. The van der Waals surface area contributed by atoms with Gasteiger partial charge in [-0.1, -0.05) is 81.6 Å². The van der Waals surface area contributed by atoms with Crippen LogP contribution in [0.4, 0.5) is 0 Å². The molecule has 2 rings (SSSR count). The monoisotopic (exact) mass is 385 g/mol. The van der Waals surface area contributed by atoms with Crippen LogP contribution in [0.2, 0.25) is 0 Å². The van der Waals surface area contributed by atoms with E-state index in [4.69, 9.17) is 17.8 Å². The van der Waals surface area contributed by atoms with E-state index < -0.39 is 0 Å². The lowest BCUT2D eigenvalue weighted by molar-refractivity contribution is 0.458. The molecule has 1 nitrogen and oxygen atoms in total. The zero-order valence-corrected chi connectivity index (χ0v) is 18.3. The number of aryl methyl sites for hydroxylation is 2. The summed E-state index contributed by atoms with van der Waals surface area (Å²) in [6.45, 7) is 11.1. The fraction of sp³-hybridized carbons (Fsp3) is 0.391. The third kappa shape index (κ3) is 4.97. The molecule has 140 valence electrons. The van der Waals surface area contributed by atoms with Crippen molar-refractivity contribution in [2.75, 3.05) is 0 Å². The maximum absolute atomic E-state index is 6.03. The highest BCUT2D eigenvalue weighted by Gasteiger charge is 2.20. The lowest BCUT2D eigenvalue weighted by atomic mass is 9.80. The number of nitrogens with two attached hydrogens (primary N) is 1. The minimum atomic E-state index is 0.200. The first-order valence-corrected chi connectivity index (χ1v) is 10.6. The number of hydrogen-bond acceptors (Lipinski definition) is 3. The molecule has 0 atom stereocenters. The second-order valence-electron chi connectivity index (χ2n) is 7.68. The van der Waals surface area contributed by atoms with Crippen LogP contribution in [-0.4, -0.2) is 0 Å². The van der Waals surface area contributed by atoms with Gasteiger partial charge in [0.05, 0.1) is 0 Å². The molecule has 0 aliphatic carbocycles. The van der Waals surface area contributed by atoms with Gasteiger partial charge in [-0.25, -0.2) is 0 Å². The standard InChI is InChI=1S/C23H31NS2/c1-6-7-14-23(4,5)19-12-10-18(11-13-19)22(26-24)21(25)20-15-16(2)8-9-17(20)3/h8-13,15,25H,6-7,14,24H2,1-5H3/b22-21-. The molecular weight excluding hydrogens is 354 g/mol. The molecule has 0 amide bonds. The summed E-state index contributed by atoms with van der Waals surface area (Å²) in [5.74, 6) is 0. The predicted octanol–water partition coefficient (Wildman–Crippen LogP) is 7.13. The third-order valence-corrected chi connectivity index (χ3v) is 6.36. The lowest BCUT2D eigenvalue weighted by Gasteiger charge is -2.25. The van der Waals surface area contributed by atoms with Gasteiger partial charge in [0.15, 0.2) is 0 Å². The van der Waals surface area contributed by atoms with Crippen molar-refractivity contribution in [3.63, 3.8) is 0 Å². The molecular formula is C23H31NS2. The predicted molar refractivity (Wildman–Crippen MR) is 122 cm³/mol. The highest BCUT2D eigenvalue weighted by molar-refractivity contribution is 8.08. The Labute approximate surface area is 169 Å². The van der Waals surface area contributed by atoms with Gasteiger partial charge in [-0.2, -0.15) is 0 Å². The van der Waals surface area contributed by atoms with Crippen molar-refractivity contribution < 1.29 is 0 Å². The maximum atomic E-state index is 6.03. The van der Waals surface area contributed by atoms with E-state index >= 15 is 0 Å². The van der Waals surface area contributed by atoms with E-state index in [9.17, 15) is 0 Å². The van der Waals surface area contributed by atoms with E-state index in [1.165, 1.54) is 47.9 Å². The first-order chi connectivity index (χ1) is 12.3. The van der Waals surface area contributed by atoms with Crippen LogP contribution in [0.15, 0.2) is 42.5 Å². The highest BCUT2D eigenvalue weighted by atomic mass is 32.2. The highest BCUT2D eigenvalue weighted by Crippen LogP contribution is 2.37. The average Bonchev–Trinajstić information content (AvgIpc) is 2.63. The molecule has 2 aromatic rings. The van der Waals surface area contributed by atoms with Crippen LogP contribution >= 0.6 is 24.6 Å². The minimum absolute atomic E-state index is 0.200. The molecule has 2 aromatic carbocycles. The molecule has 0 heterocycles. The van der Waals surface area contributed by atoms with Gasteiger partial charge >= 0.3 is 0 Å². The van der Waals surface area contributed by atoms with E-state index in [1.807, 2.05) is 0 Å². The molecule has 2 N–H and O–H groups in total. The van der Waals surface area contributed by atoms with Crippen molar-refractivity contribution in [2.24, 2.45) is 5.14 Å². The Hall–Kier alpha value is -1.16. The van der Waals surface area contributed by atoms with Gasteiger partial charge in [0.25, 0.3) is 0 Å². The molecule has 0 unspecified atom stereocenters. The van der Waals surface area contributed by atoms with E-state index in [0.29, 0.717) is 0 Å². The van der Waals surface area contributed by atoms with E-state index in [2.05, 4.69) is 77.1 Å². The zero-order chi connectivity index (χ0) is 19.3. The Morgan fingerprint density at radius 3 is 2.31 bits per heavy atom. The molecule has 0 bridgehead atoms. The SMILES string of the molecule is CCCCC(C)(C)c1ccc(/C(SN)=C(/S)c2cc(C)ccc2C)cc1. The minimum Gasteiger partial charge on any atom is -0.274 e.